The number of rotatable bonds is 2. The van der Waals surface area contributed by atoms with Crippen molar-refractivity contribution in [2.24, 2.45) is 5.92 Å². The topological polar surface area (TPSA) is 46.6 Å². The van der Waals surface area contributed by atoms with Crippen LogP contribution in [0.1, 0.15) is 12.0 Å². The molecule has 0 aromatic heterocycles. The summed E-state index contributed by atoms with van der Waals surface area (Å²) in [6.07, 6.45) is 0.237. The van der Waals surface area contributed by atoms with E-state index < -0.39 is 0 Å². The van der Waals surface area contributed by atoms with E-state index in [0.29, 0.717) is 6.54 Å². The van der Waals surface area contributed by atoms with Crippen molar-refractivity contribution in [3.63, 3.8) is 0 Å². The first-order chi connectivity index (χ1) is 8.13. The highest BCUT2D eigenvalue weighted by atomic mass is 16.5. The molecule has 0 radical (unpaired) electrons. The second-order valence-electron chi connectivity index (χ2n) is 4.22. The number of carbonyl (C=O) groups is 2. The van der Waals surface area contributed by atoms with Crippen LogP contribution in [-0.4, -0.2) is 25.5 Å². The van der Waals surface area contributed by atoms with Gasteiger partial charge in [0.1, 0.15) is 0 Å². The van der Waals surface area contributed by atoms with E-state index in [9.17, 15) is 9.59 Å². The summed E-state index contributed by atoms with van der Waals surface area (Å²) in [7, 11) is 1.35. The lowest BCUT2D eigenvalue weighted by molar-refractivity contribution is -0.145. The molecule has 0 saturated carbocycles. The molecule has 90 valence electrons. The molecule has 1 aromatic carbocycles. The summed E-state index contributed by atoms with van der Waals surface area (Å²) in [5.41, 5.74) is 1.91. The van der Waals surface area contributed by atoms with Crippen molar-refractivity contribution in [3.05, 3.63) is 29.8 Å². The first-order valence-electron chi connectivity index (χ1n) is 5.57. The number of ether oxygens (including phenoxy) is 1. The van der Waals surface area contributed by atoms with E-state index in [1.807, 2.05) is 31.2 Å². The molecule has 0 bridgehead atoms. The Kier molecular flexibility index (Phi) is 3.13. The third-order valence-corrected chi connectivity index (χ3v) is 3.07. The molecular weight excluding hydrogens is 218 g/mol. The number of para-hydroxylation sites is 1. The number of aryl methyl sites for hydroxylation is 1. The van der Waals surface area contributed by atoms with Gasteiger partial charge >= 0.3 is 5.97 Å². The predicted octanol–water partition coefficient (Wildman–Crippen LogP) is 1.52. The van der Waals surface area contributed by atoms with Crippen molar-refractivity contribution in [1.29, 1.82) is 0 Å². The minimum absolute atomic E-state index is 0.0188. The monoisotopic (exact) mass is 233 g/mol. The molecule has 2 rings (SSSR count). The lowest BCUT2D eigenvalue weighted by Gasteiger charge is -2.18. The molecule has 0 spiro atoms. The van der Waals surface area contributed by atoms with Crippen LogP contribution in [0.5, 0.6) is 0 Å². The van der Waals surface area contributed by atoms with Crippen LogP contribution in [0.4, 0.5) is 5.69 Å². The number of nitrogens with zero attached hydrogens (tertiary/aromatic N) is 1. The minimum atomic E-state index is -0.341. The summed E-state index contributed by atoms with van der Waals surface area (Å²) in [5, 5.41) is 0. The van der Waals surface area contributed by atoms with Crippen molar-refractivity contribution in [3.8, 4) is 0 Å². The van der Waals surface area contributed by atoms with Gasteiger partial charge in [-0.25, -0.2) is 0 Å². The molecule has 1 aliphatic rings. The number of benzene rings is 1. The fourth-order valence-electron chi connectivity index (χ4n) is 2.13. The summed E-state index contributed by atoms with van der Waals surface area (Å²) in [4.78, 5) is 25.0. The second kappa shape index (κ2) is 4.57. The Hall–Kier alpha value is -1.84. The van der Waals surface area contributed by atoms with Gasteiger partial charge in [0.2, 0.25) is 5.91 Å². The minimum Gasteiger partial charge on any atom is -0.469 e. The number of esters is 1. The Bertz CT molecular complexity index is 456. The largest absolute Gasteiger partial charge is 0.469 e. The Labute approximate surface area is 100 Å². The van der Waals surface area contributed by atoms with Crippen molar-refractivity contribution >= 4 is 17.6 Å². The second-order valence-corrected chi connectivity index (χ2v) is 4.22. The molecular formula is C13H15NO3. The molecule has 4 heteroatoms. The van der Waals surface area contributed by atoms with Crippen LogP contribution >= 0.6 is 0 Å². The van der Waals surface area contributed by atoms with Gasteiger partial charge in [0.15, 0.2) is 0 Å². The van der Waals surface area contributed by atoms with E-state index in [4.69, 9.17) is 0 Å². The third kappa shape index (κ3) is 2.16. The van der Waals surface area contributed by atoms with Crippen molar-refractivity contribution in [1.82, 2.24) is 0 Å². The molecule has 1 amide bonds. The maximum Gasteiger partial charge on any atom is 0.311 e. The summed E-state index contributed by atoms with van der Waals surface area (Å²) in [5.74, 6) is -0.670. The zero-order valence-corrected chi connectivity index (χ0v) is 9.97. The maximum absolute atomic E-state index is 11.9. The summed E-state index contributed by atoms with van der Waals surface area (Å²) < 4.78 is 4.68. The van der Waals surface area contributed by atoms with E-state index in [1.54, 1.807) is 4.90 Å². The van der Waals surface area contributed by atoms with E-state index >= 15 is 0 Å². The van der Waals surface area contributed by atoms with E-state index in [2.05, 4.69) is 4.74 Å². The highest BCUT2D eigenvalue weighted by Crippen LogP contribution is 2.27. The quantitative estimate of drug-likeness (QED) is 0.728. The van der Waals surface area contributed by atoms with Gasteiger partial charge in [-0.2, -0.15) is 0 Å². The third-order valence-electron chi connectivity index (χ3n) is 3.07. The smallest absolute Gasteiger partial charge is 0.311 e. The first kappa shape index (κ1) is 11.6. The molecule has 0 aliphatic carbocycles. The number of hydrogen-bond donors (Lipinski definition) is 0. The van der Waals surface area contributed by atoms with Gasteiger partial charge < -0.3 is 9.64 Å². The van der Waals surface area contributed by atoms with Crippen molar-refractivity contribution in [2.45, 2.75) is 13.3 Å². The van der Waals surface area contributed by atoms with Crippen LogP contribution in [0.25, 0.3) is 0 Å². The average Bonchev–Trinajstić information content (AvgIpc) is 2.71. The van der Waals surface area contributed by atoms with Gasteiger partial charge in [-0.05, 0) is 18.6 Å². The SMILES string of the molecule is COC(=O)[C@H]1CC(=O)N(c2ccccc2C)C1. The maximum atomic E-state index is 11.9. The highest BCUT2D eigenvalue weighted by molar-refractivity contribution is 5.99. The fourth-order valence-corrected chi connectivity index (χ4v) is 2.13. The van der Waals surface area contributed by atoms with Crippen LogP contribution < -0.4 is 4.90 Å². The molecule has 4 nitrogen and oxygen atoms in total. The molecule has 0 unspecified atom stereocenters. The van der Waals surface area contributed by atoms with Crippen molar-refractivity contribution < 1.29 is 14.3 Å². The number of amides is 1. The van der Waals surface area contributed by atoms with Gasteiger partial charge in [-0.15, -0.1) is 0 Å². The van der Waals surface area contributed by atoms with Crippen LogP contribution in [-0.2, 0) is 14.3 Å². The average molecular weight is 233 g/mol. The highest BCUT2D eigenvalue weighted by Gasteiger charge is 2.36. The van der Waals surface area contributed by atoms with E-state index in [1.165, 1.54) is 7.11 Å². The predicted molar refractivity (Wildman–Crippen MR) is 63.7 cm³/mol. The van der Waals surface area contributed by atoms with E-state index in [0.717, 1.165) is 11.3 Å². The molecule has 1 saturated heterocycles. The van der Waals surface area contributed by atoms with Crippen LogP contribution in [0.2, 0.25) is 0 Å². The lowest BCUT2D eigenvalue weighted by Crippen LogP contribution is -2.26. The fraction of sp³-hybridized carbons (Fsp3) is 0.385. The van der Waals surface area contributed by atoms with Gasteiger partial charge in [0, 0.05) is 18.7 Å². The van der Waals surface area contributed by atoms with Gasteiger partial charge in [0.25, 0.3) is 0 Å². The standard InChI is InChI=1S/C13H15NO3/c1-9-5-3-4-6-11(9)14-8-10(7-12(14)15)13(16)17-2/h3-6,10H,7-8H2,1-2H3/t10-/m0/s1. The number of methoxy groups -OCH3 is 1. The first-order valence-corrected chi connectivity index (χ1v) is 5.57. The Morgan fingerprint density at radius 1 is 1.41 bits per heavy atom. The summed E-state index contributed by atoms with van der Waals surface area (Å²) in [6, 6.07) is 7.67. The van der Waals surface area contributed by atoms with Crippen LogP contribution in [0.3, 0.4) is 0 Å². The Morgan fingerprint density at radius 3 is 2.76 bits per heavy atom. The Morgan fingerprint density at radius 2 is 2.12 bits per heavy atom. The number of hydrogen-bond acceptors (Lipinski definition) is 3. The Balaban J connectivity index is 2.22. The zero-order valence-electron chi connectivity index (χ0n) is 9.97. The number of anilines is 1. The number of carbonyl (C=O) groups excluding carboxylic acids is 2. The molecule has 0 N–H and O–H groups in total. The molecule has 1 fully saturated rings. The van der Waals surface area contributed by atoms with Crippen molar-refractivity contribution in [2.75, 3.05) is 18.6 Å². The van der Waals surface area contributed by atoms with E-state index in [-0.39, 0.29) is 24.2 Å². The molecule has 1 aromatic rings. The summed E-state index contributed by atoms with van der Waals surface area (Å²) >= 11 is 0. The van der Waals surface area contributed by atoms with Gasteiger partial charge in [0.05, 0.1) is 13.0 Å². The van der Waals surface area contributed by atoms with Gasteiger partial charge in [-0.3, -0.25) is 9.59 Å². The lowest BCUT2D eigenvalue weighted by atomic mass is 10.1. The summed E-state index contributed by atoms with van der Waals surface area (Å²) in [6.45, 7) is 2.37. The normalized spacial score (nSPS) is 19.5. The zero-order chi connectivity index (χ0) is 12.4. The molecule has 1 heterocycles. The molecule has 1 aliphatic heterocycles. The van der Waals surface area contributed by atoms with Crippen LogP contribution in [0.15, 0.2) is 24.3 Å². The molecule has 1 atom stereocenters. The van der Waals surface area contributed by atoms with Crippen LogP contribution in [0, 0.1) is 12.8 Å². The molecule has 17 heavy (non-hydrogen) atoms. The van der Waals surface area contributed by atoms with Gasteiger partial charge in [-0.1, -0.05) is 18.2 Å².